The van der Waals surface area contributed by atoms with Gasteiger partial charge in [-0.2, -0.15) is 0 Å². The van der Waals surface area contributed by atoms with Crippen molar-refractivity contribution in [3.05, 3.63) is 24.7 Å². The first kappa shape index (κ1) is 6.54. The van der Waals surface area contributed by atoms with Crippen LogP contribution in [0.1, 0.15) is 0 Å². The van der Waals surface area contributed by atoms with Crippen LogP contribution >= 0.6 is 0 Å². The first-order valence-electron chi connectivity index (χ1n) is 2.80. The second-order valence-corrected chi connectivity index (χ2v) is 1.73. The Morgan fingerprint density at radius 2 is 2.30 bits per heavy atom. The van der Waals surface area contributed by atoms with Gasteiger partial charge in [0.25, 0.3) is 0 Å². The molecule has 4 heteroatoms. The maximum Gasteiger partial charge on any atom is 0.196 e. The fourth-order valence-corrected chi connectivity index (χ4v) is 0.551. The van der Waals surface area contributed by atoms with E-state index in [1.807, 2.05) is 0 Å². The molecule has 1 rings (SSSR count). The molecule has 10 heavy (non-hydrogen) atoms. The van der Waals surface area contributed by atoms with Crippen LogP contribution in [-0.2, 0) is 0 Å². The molecule has 1 aliphatic rings. The zero-order valence-corrected chi connectivity index (χ0v) is 5.36. The highest BCUT2D eigenvalue weighted by Gasteiger charge is 1.95. The van der Waals surface area contributed by atoms with Crippen molar-refractivity contribution in [3.8, 4) is 0 Å². The van der Waals surface area contributed by atoms with Crippen LogP contribution in [0.25, 0.3) is 0 Å². The molecule has 4 nitrogen and oxygen atoms in total. The third-order valence-corrected chi connectivity index (χ3v) is 1.01. The highest BCUT2D eigenvalue weighted by molar-refractivity contribution is 5.79. The third kappa shape index (κ3) is 1.45. The number of rotatable bonds is 0. The van der Waals surface area contributed by atoms with Crippen LogP contribution in [0.4, 0.5) is 0 Å². The van der Waals surface area contributed by atoms with E-state index < -0.39 is 0 Å². The topological polar surface area (TPSA) is 65.5 Å². The molecule has 0 radical (unpaired) electrons. The minimum Gasteiger partial charge on any atom is -0.369 e. The lowest BCUT2D eigenvalue weighted by molar-refractivity contribution is 0.740. The van der Waals surface area contributed by atoms with Gasteiger partial charge in [-0.15, -0.1) is 0 Å². The van der Waals surface area contributed by atoms with Crippen molar-refractivity contribution in [1.29, 1.82) is 5.41 Å². The van der Waals surface area contributed by atoms with Gasteiger partial charge in [0.15, 0.2) is 5.96 Å². The predicted molar refractivity (Wildman–Crippen MR) is 40.5 cm³/mol. The second-order valence-electron chi connectivity index (χ2n) is 1.73. The summed E-state index contributed by atoms with van der Waals surface area (Å²) in [7, 11) is 0. The molecule has 52 valence electrons. The van der Waals surface area contributed by atoms with Gasteiger partial charge in [-0.25, -0.2) is 0 Å². The Hall–Kier alpha value is -1.58. The van der Waals surface area contributed by atoms with Gasteiger partial charge in [-0.3, -0.25) is 15.3 Å². The first-order valence-corrected chi connectivity index (χ1v) is 2.80. The number of nitrogens with one attached hydrogen (secondary N) is 1. The smallest absolute Gasteiger partial charge is 0.196 e. The van der Waals surface area contributed by atoms with Gasteiger partial charge in [-0.05, 0) is 6.08 Å². The minimum atomic E-state index is -0.0157. The molecule has 0 fully saturated rings. The summed E-state index contributed by atoms with van der Waals surface area (Å²) in [4.78, 5) is 5.28. The van der Waals surface area contributed by atoms with E-state index in [4.69, 9.17) is 11.1 Å². The maximum atomic E-state index is 7.03. The van der Waals surface area contributed by atoms with Gasteiger partial charge in [0.2, 0.25) is 0 Å². The Balaban J connectivity index is 2.72. The molecule has 0 aromatic heterocycles. The lowest BCUT2D eigenvalue weighted by atomic mass is 10.6. The quantitative estimate of drug-likeness (QED) is 0.370. The molecule has 0 saturated heterocycles. The van der Waals surface area contributed by atoms with E-state index in [0.717, 1.165) is 0 Å². The summed E-state index contributed by atoms with van der Waals surface area (Å²) in [5.41, 5.74) is 5.19. The van der Waals surface area contributed by atoms with Crippen molar-refractivity contribution < 1.29 is 0 Å². The molecule has 0 spiro atoms. The van der Waals surface area contributed by atoms with Crippen molar-refractivity contribution >= 4 is 12.2 Å². The highest BCUT2D eigenvalue weighted by Crippen LogP contribution is 1.93. The lowest BCUT2D eigenvalue weighted by Gasteiger charge is -2.09. The average Bonchev–Trinajstić information content (AvgIpc) is 2.12. The second kappa shape index (κ2) is 2.82. The molecule has 1 heterocycles. The van der Waals surface area contributed by atoms with E-state index in [-0.39, 0.29) is 5.96 Å². The Kier molecular flexibility index (Phi) is 1.84. The normalized spacial score (nSPS) is 15.4. The van der Waals surface area contributed by atoms with Crippen LogP contribution in [0, 0.1) is 5.41 Å². The number of hydrogen-bond acceptors (Lipinski definition) is 2. The summed E-state index contributed by atoms with van der Waals surface area (Å²) in [6.07, 6.45) is 8.18. The Morgan fingerprint density at radius 1 is 1.50 bits per heavy atom. The van der Waals surface area contributed by atoms with Crippen LogP contribution in [0.15, 0.2) is 29.7 Å². The van der Waals surface area contributed by atoms with Crippen molar-refractivity contribution in [3.63, 3.8) is 0 Å². The molecule has 0 aromatic rings. The molecule has 0 bridgehead atoms. The van der Waals surface area contributed by atoms with E-state index in [1.165, 1.54) is 4.90 Å². The molecule has 0 aromatic carbocycles. The van der Waals surface area contributed by atoms with Crippen molar-refractivity contribution in [2.45, 2.75) is 0 Å². The molecule has 0 atom stereocenters. The monoisotopic (exact) mass is 136 g/mol. The van der Waals surface area contributed by atoms with Crippen LogP contribution in [0.3, 0.4) is 0 Å². The van der Waals surface area contributed by atoms with Crippen LogP contribution in [0.2, 0.25) is 0 Å². The number of allylic oxidation sites excluding steroid dienone is 1. The molecule has 0 saturated carbocycles. The summed E-state index contributed by atoms with van der Waals surface area (Å²) >= 11 is 0. The van der Waals surface area contributed by atoms with Crippen LogP contribution < -0.4 is 5.73 Å². The largest absolute Gasteiger partial charge is 0.369 e. The fourth-order valence-electron chi connectivity index (χ4n) is 0.551. The Morgan fingerprint density at radius 3 is 3.00 bits per heavy atom. The van der Waals surface area contributed by atoms with Gasteiger partial charge < -0.3 is 5.73 Å². The summed E-state index contributed by atoms with van der Waals surface area (Å²) in [6.45, 7) is 0. The van der Waals surface area contributed by atoms with E-state index in [0.29, 0.717) is 0 Å². The zero-order chi connectivity index (χ0) is 7.40. The number of hydrogen-bond donors (Lipinski definition) is 2. The Bertz CT molecular complexity index is 198. The molecule has 0 aliphatic carbocycles. The van der Waals surface area contributed by atoms with E-state index in [9.17, 15) is 0 Å². The highest BCUT2D eigenvalue weighted by atomic mass is 15.2. The van der Waals surface area contributed by atoms with Gasteiger partial charge in [0, 0.05) is 24.8 Å². The van der Waals surface area contributed by atoms with Crippen molar-refractivity contribution in [2.75, 3.05) is 0 Å². The summed E-state index contributed by atoms with van der Waals surface area (Å²) in [5.74, 6) is -0.0157. The SMILES string of the molecule is N=C(N)N1C=CC=NC=C1. The number of nitrogens with zero attached hydrogens (tertiary/aromatic N) is 2. The fraction of sp³-hybridized carbons (Fsp3) is 0. The molecular weight excluding hydrogens is 128 g/mol. The van der Waals surface area contributed by atoms with Crippen molar-refractivity contribution in [1.82, 2.24) is 4.90 Å². The van der Waals surface area contributed by atoms with Crippen molar-refractivity contribution in [2.24, 2.45) is 10.7 Å². The lowest BCUT2D eigenvalue weighted by Crippen LogP contribution is -2.26. The van der Waals surface area contributed by atoms with E-state index in [1.54, 1.807) is 30.9 Å². The first-order chi connectivity index (χ1) is 4.80. The number of nitrogens with two attached hydrogens (primary N) is 1. The molecular formula is C6H8N4. The average molecular weight is 136 g/mol. The summed E-state index contributed by atoms with van der Waals surface area (Å²) in [6, 6.07) is 0. The van der Waals surface area contributed by atoms with Crippen LogP contribution in [-0.4, -0.2) is 17.1 Å². The molecule has 0 amide bonds. The van der Waals surface area contributed by atoms with Crippen LogP contribution in [0.5, 0.6) is 0 Å². The summed E-state index contributed by atoms with van der Waals surface area (Å²) < 4.78 is 0. The molecule has 0 unspecified atom stereocenters. The zero-order valence-electron chi connectivity index (χ0n) is 5.36. The van der Waals surface area contributed by atoms with E-state index >= 15 is 0 Å². The third-order valence-electron chi connectivity index (χ3n) is 1.01. The number of guanidine groups is 1. The van der Waals surface area contributed by atoms with E-state index in [2.05, 4.69) is 4.99 Å². The van der Waals surface area contributed by atoms with Gasteiger partial charge in [-0.1, -0.05) is 0 Å². The maximum absolute atomic E-state index is 7.03. The molecule has 3 N–H and O–H groups in total. The van der Waals surface area contributed by atoms with Gasteiger partial charge in [0.05, 0.1) is 0 Å². The van der Waals surface area contributed by atoms with Gasteiger partial charge in [0.1, 0.15) is 0 Å². The predicted octanol–water partition coefficient (Wildman–Crippen LogP) is 0.251. The standard InChI is InChI=1S/C6H8N4/c7-6(8)10-4-1-2-9-3-5-10/h1-5H,(H3,7,8). The number of aliphatic imine (C=N–C) groups is 1. The van der Waals surface area contributed by atoms with Gasteiger partial charge >= 0.3 is 0 Å². The molecule has 1 aliphatic heterocycles. The summed E-state index contributed by atoms with van der Waals surface area (Å²) in [5, 5.41) is 7.03. The Labute approximate surface area is 58.9 Å². The minimum absolute atomic E-state index is 0.0157.